The van der Waals surface area contributed by atoms with Gasteiger partial charge in [0.15, 0.2) is 0 Å². The average molecular weight is 324 g/mol. The van der Waals surface area contributed by atoms with Gasteiger partial charge in [0.1, 0.15) is 11.3 Å². The second kappa shape index (κ2) is 5.56. The molecule has 4 aromatic rings. The van der Waals surface area contributed by atoms with Crippen molar-refractivity contribution in [2.24, 2.45) is 0 Å². The fourth-order valence-electron chi connectivity index (χ4n) is 2.88. The van der Waals surface area contributed by atoms with Gasteiger partial charge in [0.2, 0.25) is 5.28 Å². The third-order valence-electron chi connectivity index (χ3n) is 3.96. The van der Waals surface area contributed by atoms with E-state index in [0.29, 0.717) is 0 Å². The van der Waals surface area contributed by atoms with Gasteiger partial charge in [-0.1, -0.05) is 30.3 Å². The Labute approximate surface area is 138 Å². The van der Waals surface area contributed by atoms with Gasteiger partial charge < -0.3 is 9.30 Å². The largest absolute Gasteiger partial charge is 0.497 e. The summed E-state index contributed by atoms with van der Waals surface area (Å²) < 4.78 is 7.55. The van der Waals surface area contributed by atoms with Gasteiger partial charge in [-0.3, -0.25) is 0 Å². The first-order valence-electron chi connectivity index (χ1n) is 7.28. The van der Waals surface area contributed by atoms with Crippen molar-refractivity contribution < 1.29 is 4.74 Å². The molecule has 0 spiro atoms. The highest BCUT2D eigenvalue weighted by Crippen LogP contribution is 2.31. The molecule has 4 nitrogen and oxygen atoms in total. The molecule has 2 aromatic carbocycles. The van der Waals surface area contributed by atoms with E-state index in [2.05, 4.69) is 26.7 Å². The molecule has 0 amide bonds. The number of fused-ring (bicyclic) bond motifs is 3. The van der Waals surface area contributed by atoms with Crippen LogP contribution in [0.25, 0.3) is 21.9 Å². The van der Waals surface area contributed by atoms with Gasteiger partial charge in [-0.05, 0) is 35.4 Å². The van der Waals surface area contributed by atoms with Gasteiger partial charge >= 0.3 is 0 Å². The van der Waals surface area contributed by atoms with E-state index in [1.807, 2.05) is 36.4 Å². The quantitative estimate of drug-likeness (QED) is 0.528. The fourth-order valence-corrected chi connectivity index (χ4v) is 3.02. The molecule has 0 aliphatic carbocycles. The molecule has 0 aliphatic rings. The Kier molecular flexibility index (Phi) is 3.39. The number of nitrogens with zero attached hydrogens (tertiary/aromatic N) is 3. The summed E-state index contributed by atoms with van der Waals surface area (Å²) in [6, 6.07) is 16.3. The summed E-state index contributed by atoms with van der Waals surface area (Å²) in [6.07, 6.45) is 1.78. The SMILES string of the molecule is COc1ccc2c(c1)c1nc(Cl)ncc1n2Cc1ccccc1. The molecule has 0 atom stereocenters. The maximum Gasteiger partial charge on any atom is 0.223 e. The molecule has 114 valence electrons. The molecule has 4 rings (SSSR count). The van der Waals surface area contributed by atoms with Crippen LogP contribution in [0.1, 0.15) is 5.56 Å². The van der Waals surface area contributed by atoms with Crippen LogP contribution >= 0.6 is 11.6 Å². The van der Waals surface area contributed by atoms with Crippen LogP contribution in [-0.2, 0) is 6.54 Å². The number of hydrogen-bond acceptors (Lipinski definition) is 3. The lowest BCUT2D eigenvalue weighted by Gasteiger charge is -2.07. The molecular formula is C18H14ClN3O. The number of ether oxygens (including phenoxy) is 1. The third-order valence-corrected chi connectivity index (χ3v) is 4.15. The van der Waals surface area contributed by atoms with Crippen LogP contribution in [0.4, 0.5) is 0 Å². The Morgan fingerprint density at radius 3 is 2.70 bits per heavy atom. The minimum atomic E-state index is 0.249. The zero-order valence-corrected chi connectivity index (χ0v) is 13.3. The molecular weight excluding hydrogens is 310 g/mol. The van der Waals surface area contributed by atoms with Crippen LogP contribution in [0.15, 0.2) is 54.7 Å². The minimum Gasteiger partial charge on any atom is -0.497 e. The second-order valence-corrected chi connectivity index (χ2v) is 5.67. The van der Waals surface area contributed by atoms with Crippen molar-refractivity contribution in [3.05, 3.63) is 65.6 Å². The van der Waals surface area contributed by atoms with Crippen LogP contribution in [0.2, 0.25) is 5.28 Å². The molecule has 0 saturated carbocycles. The van der Waals surface area contributed by atoms with E-state index < -0.39 is 0 Å². The smallest absolute Gasteiger partial charge is 0.223 e. The molecule has 0 fully saturated rings. The molecule has 0 bridgehead atoms. The van der Waals surface area contributed by atoms with E-state index in [9.17, 15) is 0 Å². The fraction of sp³-hybridized carbons (Fsp3) is 0.111. The summed E-state index contributed by atoms with van der Waals surface area (Å²) in [5.41, 5.74) is 4.11. The van der Waals surface area contributed by atoms with Gasteiger partial charge in [0, 0.05) is 11.9 Å². The molecule has 0 aliphatic heterocycles. The summed E-state index contributed by atoms with van der Waals surface area (Å²) in [5.74, 6) is 0.797. The first-order chi connectivity index (χ1) is 11.3. The topological polar surface area (TPSA) is 39.9 Å². The molecule has 0 N–H and O–H groups in total. The van der Waals surface area contributed by atoms with E-state index in [-0.39, 0.29) is 5.28 Å². The first kappa shape index (κ1) is 14.0. The molecule has 5 heteroatoms. The average Bonchev–Trinajstić information content (AvgIpc) is 2.88. The Bertz CT molecular complexity index is 995. The van der Waals surface area contributed by atoms with Crippen molar-refractivity contribution in [1.29, 1.82) is 0 Å². The van der Waals surface area contributed by atoms with Crippen molar-refractivity contribution in [3.8, 4) is 5.75 Å². The molecule has 23 heavy (non-hydrogen) atoms. The van der Waals surface area contributed by atoms with Gasteiger partial charge in [-0.2, -0.15) is 0 Å². The zero-order valence-electron chi connectivity index (χ0n) is 12.5. The number of rotatable bonds is 3. The van der Waals surface area contributed by atoms with E-state index in [1.165, 1.54) is 5.56 Å². The Hall–Kier alpha value is -2.59. The van der Waals surface area contributed by atoms with E-state index in [1.54, 1.807) is 13.3 Å². The monoisotopic (exact) mass is 323 g/mol. The van der Waals surface area contributed by atoms with Crippen LogP contribution < -0.4 is 4.74 Å². The third kappa shape index (κ3) is 2.41. The van der Waals surface area contributed by atoms with Crippen LogP contribution in [0.3, 0.4) is 0 Å². The van der Waals surface area contributed by atoms with Gasteiger partial charge in [-0.15, -0.1) is 0 Å². The summed E-state index contributed by atoms with van der Waals surface area (Å²) in [4.78, 5) is 8.57. The van der Waals surface area contributed by atoms with E-state index in [0.717, 1.165) is 34.2 Å². The number of aromatic nitrogens is 3. The maximum atomic E-state index is 6.00. The van der Waals surface area contributed by atoms with E-state index in [4.69, 9.17) is 16.3 Å². The lowest BCUT2D eigenvalue weighted by molar-refractivity contribution is 0.415. The number of hydrogen-bond donors (Lipinski definition) is 0. The Morgan fingerprint density at radius 1 is 1.09 bits per heavy atom. The number of benzene rings is 2. The lowest BCUT2D eigenvalue weighted by Crippen LogP contribution is -1.99. The minimum absolute atomic E-state index is 0.249. The Balaban J connectivity index is 2.00. The zero-order chi connectivity index (χ0) is 15.8. The summed E-state index contributed by atoms with van der Waals surface area (Å²) in [7, 11) is 1.66. The van der Waals surface area contributed by atoms with Crippen LogP contribution in [0.5, 0.6) is 5.75 Å². The number of methoxy groups -OCH3 is 1. The second-order valence-electron chi connectivity index (χ2n) is 5.33. The molecule has 0 saturated heterocycles. The predicted molar refractivity (Wildman–Crippen MR) is 92.1 cm³/mol. The molecule has 2 heterocycles. The molecule has 2 aromatic heterocycles. The summed E-state index contributed by atoms with van der Waals surface area (Å²) in [6.45, 7) is 0.748. The van der Waals surface area contributed by atoms with Crippen molar-refractivity contribution in [1.82, 2.24) is 14.5 Å². The Morgan fingerprint density at radius 2 is 1.91 bits per heavy atom. The normalized spacial score (nSPS) is 11.2. The predicted octanol–water partition coefficient (Wildman–Crippen LogP) is 4.29. The van der Waals surface area contributed by atoms with E-state index >= 15 is 0 Å². The highest BCUT2D eigenvalue weighted by atomic mass is 35.5. The standard InChI is InChI=1S/C18H14ClN3O/c1-23-13-7-8-15-14(9-13)17-16(10-20-18(19)21-17)22(15)11-12-5-3-2-4-6-12/h2-10H,11H2,1H3. The van der Waals surface area contributed by atoms with Crippen LogP contribution in [-0.4, -0.2) is 21.6 Å². The van der Waals surface area contributed by atoms with Gasteiger partial charge in [0.25, 0.3) is 0 Å². The first-order valence-corrected chi connectivity index (χ1v) is 7.66. The summed E-state index contributed by atoms with van der Waals surface area (Å²) in [5, 5.41) is 1.26. The molecule has 0 radical (unpaired) electrons. The van der Waals surface area contributed by atoms with Gasteiger partial charge in [-0.25, -0.2) is 9.97 Å². The van der Waals surface area contributed by atoms with Crippen molar-refractivity contribution in [3.63, 3.8) is 0 Å². The maximum absolute atomic E-state index is 6.00. The van der Waals surface area contributed by atoms with Gasteiger partial charge in [0.05, 0.1) is 24.3 Å². The highest BCUT2D eigenvalue weighted by Gasteiger charge is 2.14. The lowest BCUT2D eigenvalue weighted by atomic mass is 10.2. The van der Waals surface area contributed by atoms with Crippen molar-refractivity contribution in [2.75, 3.05) is 7.11 Å². The summed E-state index contributed by atoms with van der Waals surface area (Å²) >= 11 is 6.00. The molecule has 0 unspecified atom stereocenters. The van der Waals surface area contributed by atoms with Crippen molar-refractivity contribution >= 4 is 33.5 Å². The highest BCUT2D eigenvalue weighted by molar-refractivity contribution is 6.28. The van der Waals surface area contributed by atoms with Crippen molar-refractivity contribution in [2.45, 2.75) is 6.54 Å². The number of halogens is 1. The van der Waals surface area contributed by atoms with Crippen LogP contribution in [0, 0.1) is 0 Å².